The maximum absolute atomic E-state index is 12.4. The molecule has 1 heterocycles. The van der Waals surface area contributed by atoms with E-state index in [1.165, 1.54) is 37.3 Å². The first-order valence-corrected chi connectivity index (χ1v) is 12.8. The fraction of sp³-hybridized carbons (Fsp3) is 0.375. The number of ether oxygens (including phenoxy) is 4. The zero-order valence-electron chi connectivity index (χ0n) is 20.2. The van der Waals surface area contributed by atoms with Gasteiger partial charge in [-0.25, -0.2) is 13.2 Å². The van der Waals surface area contributed by atoms with E-state index in [1.807, 2.05) is 0 Å². The number of anilines is 1. The van der Waals surface area contributed by atoms with E-state index in [1.54, 1.807) is 31.4 Å². The summed E-state index contributed by atoms with van der Waals surface area (Å²) >= 11 is 0. The van der Waals surface area contributed by atoms with Gasteiger partial charge in [0.15, 0.2) is 34.6 Å². The van der Waals surface area contributed by atoms with Gasteiger partial charge in [0, 0.05) is 18.8 Å². The molecular formula is C24H28N2O9S. The number of hydrogen-bond donors (Lipinski definition) is 1. The molecule has 11 nitrogen and oxygen atoms in total. The van der Waals surface area contributed by atoms with Gasteiger partial charge in [0.1, 0.15) is 5.75 Å². The van der Waals surface area contributed by atoms with E-state index in [9.17, 15) is 22.8 Å². The zero-order valence-corrected chi connectivity index (χ0v) is 21.0. The molecule has 3 rings (SSSR count). The lowest BCUT2D eigenvalue weighted by Gasteiger charge is -2.23. The number of hydrogen-bond acceptors (Lipinski definition) is 9. The van der Waals surface area contributed by atoms with E-state index in [0.29, 0.717) is 17.9 Å². The molecule has 0 bridgehead atoms. The number of nitrogens with zero attached hydrogens (tertiary/aromatic N) is 1. The molecule has 194 valence electrons. The summed E-state index contributed by atoms with van der Waals surface area (Å²) in [6, 6.07) is 10.6. The Hall–Kier alpha value is -3.80. The summed E-state index contributed by atoms with van der Waals surface area (Å²) in [4.78, 5) is 38.3. The van der Waals surface area contributed by atoms with Crippen molar-refractivity contribution in [2.75, 3.05) is 51.3 Å². The van der Waals surface area contributed by atoms with Gasteiger partial charge < -0.3 is 29.2 Å². The molecule has 0 aromatic heterocycles. The molecule has 0 spiro atoms. The number of esters is 1. The standard InChI is InChI=1S/C24H28N2O9S/c1-26(18-10-11-36(30,31)15-18)23(28)14-35-24(29)16-4-9-20(21(12-16)33-3)34-13-22(27)25-17-5-7-19(32-2)8-6-17/h4-9,12,18H,10-11,13-15H2,1-3H3,(H,25,27)/t18-/m1/s1. The first-order chi connectivity index (χ1) is 17.1. The molecule has 1 saturated heterocycles. The van der Waals surface area contributed by atoms with Gasteiger partial charge in [-0.15, -0.1) is 0 Å². The number of amides is 2. The summed E-state index contributed by atoms with van der Waals surface area (Å²) in [7, 11) is 1.27. The van der Waals surface area contributed by atoms with Crippen molar-refractivity contribution in [2.45, 2.75) is 12.5 Å². The SMILES string of the molecule is COc1ccc(NC(=O)COc2ccc(C(=O)OCC(=O)N(C)[C@@H]3CCS(=O)(=O)C3)cc2OC)cc1. The first kappa shape index (κ1) is 26.8. The Labute approximate surface area is 209 Å². The van der Waals surface area contributed by atoms with Crippen LogP contribution in [0.5, 0.6) is 17.2 Å². The summed E-state index contributed by atoms with van der Waals surface area (Å²) in [5, 5.41) is 2.69. The largest absolute Gasteiger partial charge is 0.497 e. The van der Waals surface area contributed by atoms with Gasteiger partial charge in [-0.2, -0.15) is 0 Å². The fourth-order valence-electron chi connectivity index (χ4n) is 3.53. The highest BCUT2D eigenvalue weighted by Gasteiger charge is 2.33. The minimum atomic E-state index is -3.15. The Morgan fingerprint density at radius 1 is 1.00 bits per heavy atom. The van der Waals surface area contributed by atoms with Gasteiger partial charge in [-0.3, -0.25) is 9.59 Å². The topological polar surface area (TPSA) is 138 Å². The van der Waals surface area contributed by atoms with E-state index in [2.05, 4.69) is 5.32 Å². The number of likely N-dealkylation sites (N-methyl/N-ethyl adjacent to an activating group) is 1. The number of rotatable bonds is 10. The van der Waals surface area contributed by atoms with Gasteiger partial charge in [0.25, 0.3) is 11.8 Å². The monoisotopic (exact) mass is 520 g/mol. The molecule has 2 aromatic rings. The Morgan fingerprint density at radius 3 is 2.33 bits per heavy atom. The predicted molar refractivity (Wildman–Crippen MR) is 130 cm³/mol. The molecular weight excluding hydrogens is 492 g/mol. The van der Waals surface area contributed by atoms with Crippen LogP contribution in [0.1, 0.15) is 16.8 Å². The highest BCUT2D eigenvalue weighted by atomic mass is 32.2. The third-order valence-corrected chi connectivity index (χ3v) is 7.36. The molecule has 1 aliphatic rings. The van der Waals surface area contributed by atoms with Crippen LogP contribution in [-0.2, 0) is 24.2 Å². The molecule has 36 heavy (non-hydrogen) atoms. The molecule has 1 N–H and O–H groups in total. The van der Waals surface area contributed by atoms with Gasteiger partial charge in [0.05, 0.1) is 31.3 Å². The maximum atomic E-state index is 12.4. The summed E-state index contributed by atoms with van der Waals surface area (Å²) in [5.74, 6) is -0.639. The molecule has 0 aliphatic carbocycles. The van der Waals surface area contributed by atoms with Crippen LogP contribution < -0.4 is 19.5 Å². The van der Waals surface area contributed by atoms with Crippen molar-refractivity contribution in [3.8, 4) is 17.2 Å². The zero-order chi connectivity index (χ0) is 26.3. The van der Waals surface area contributed by atoms with E-state index in [-0.39, 0.29) is 35.2 Å². The van der Waals surface area contributed by atoms with Crippen molar-refractivity contribution in [3.63, 3.8) is 0 Å². The van der Waals surface area contributed by atoms with Gasteiger partial charge >= 0.3 is 5.97 Å². The quantitative estimate of drug-likeness (QED) is 0.462. The van der Waals surface area contributed by atoms with E-state index in [0.717, 1.165) is 0 Å². The summed E-state index contributed by atoms with van der Waals surface area (Å²) in [6.45, 7) is -0.831. The number of methoxy groups -OCH3 is 2. The second kappa shape index (κ2) is 11.8. The molecule has 12 heteroatoms. The summed E-state index contributed by atoms with van der Waals surface area (Å²) in [6.07, 6.45) is 0.356. The Morgan fingerprint density at radius 2 is 1.72 bits per heavy atom. The van der Waals surface area contributed by atoms with Crippen LogP contribution >= 0.6 is 0 Å². The van der Waals surface area contributed by atoms with E-state index in [4.69, 9.17) is 18.9 Å². The minimum Gasteiger partial charge on any atom is -0.497 e. The molecule has 1 atom stereocenters. The van der Waals surface area contributed by atoms with Crippen LogP contribution in [0.15, 0.2) is 42.5 Å². The molecule has 1 aliphatic heterocycles. The lowest BCUT2D eigenvalue weighted by atomic mass is 10.2. The number of sulfone groups is 1. The van der Waals surface area contributed by atoms with Crippen LogP contribution in [-0.4, -0.2) is 83.1 Å². The highest BCUT2D eigenvalue weighted by molar-refractivity contribution is 7.91. The number of benzene rings is 2. The Balaban J connectivity index is 1.52. The Kier molecular flexibility index (Phi) is 8.75. The van der Waals surface area contributed by atoms with E-state index < -0.39 is 40.3 Å². The summed E-state index contributed by atoms with van der Waals surface area (Å²) in [5.41, 5.74) is 0.685. The third-order valence-electron chi connectivity index (χ3n) is 5.61. The molecule has 2 amide bonds. The lowest BCUT2D eigenvalue weighted by Crippen LogP contribution is -2.40. The fourth-order valence-corrected chi connectivity index (χ4v) is 5.30. The second-order valence-corrected chi connectivity index (χ2v) is 10.3. The van der Waals surface area contributed by atoms with Crippen molar-refractivity contribution >= 4 is 33.3 Å². The number of carbonyl (C=O) groups excluding carboxylic acids is 3. The van der Waals surface area contributed by atoms with Crippen LogP contribution in [0.3, 0.4) is 0 Å². The van der Waals surface area contributed by atoms with Crippen molar-refractivity contribution in [1.29, 1.82) is 0 Å². The van der Waals surface area contributed by atoms with Crippen LogP contribution in [0, 0.1) is 0 Å². The molecule has 0 saturated carbocycles. The number of nitrogens with one attached hydrogen (secondary N) is 1. The molecule has 0 radical (unpaired) electrons. The third kappa shape index (κ3) is 7.11. The first-order valence-electron chi connectivity index (χ1n) is 11.0. The lowest BCUT2D eigenvalue weighted by molar-refractivity contribution is -0.134. The summed E-state index contributed by atoms with van der Waals surface area (Å²) < 4.78 is 44.2. The Bertz CT molecular complexity index is 1210. The van der Waals surface area contributed by atoms with E-state index >= 15 is 0 Å². The molecule has 1 fully saturated rings. The van der Waals surface area contributed by atoms with Crippen LogP contribution in [0.4, 0.5) is 5.69 Å². The van der Waals surface area contributed by atoms with Crippen molar-refractivity contribution in [2.24, 2.45) is 0 Å². The minimum absolute atomic E-state index is 0.0342. The average Bonchev–Trinajstić information content (AvgIpc) is 3.25. The smallest absolute Gasteiger partial charge is 0.338 e. The second-order valence-electron chi connectivity index (χ2n) is 8.07. The van der Waals surface area contributed by atoms with Crippen molar-refractivity contribution < 1.29 is 41.7 Å². The van der Waals surface area contributed by atoms with Crippen molar-refractivity contribution in [1.82, 2.24) is 4.90 Å². The molecule has 0 unspecified atom stereocenters. The van der Waals surface area contributed by atoms with Crippen LogP contribution in [0.2, 0.25) is 0 Å². The molecule has 2 aromatic carbocycles. The average molecular weight is 521 g/mol. The highest BCUT2D eigenvalue weighted by Crippen LogP contribution is 2.28. The van der Waals surface area contributed by atoms with Gasteiger partial charge in [-0.05, 0) is 48.9 Å². The van der Waals surface area contributed by atoms with Crippen molar-refractivity contribution in [3.05, 3.63) is 48.0 Å². The van der Waals surface area contributed by atoms with Crippen LogP contribution in [0.25, 0.3) is 0 Å². The van der Waals surface area contributed by atoms with Gasteiger partial charge in [0.2, 0.25) is 0 Å². The van der Waals surface area contributed by atoms with Gasteiger partial charge in [-0.1, -0.05) is 0 Å². The predicted octanol–water partition coefficient (Wildman–Crippen LogP) is 1.52. The normalized spacial score (nSPS) is 16.0. The number of carbonyl (C=O) groups is 3. The maximum Gasteiger partial charge on any atom is 0.338 e.